The Balaban J connectivity index is 4.06. The maximum absolute atomic E-state index is 11.0. The summed E-state index contributed by atoms with van der Waals surface area (Å²) in [5.74, 6) is -2.37. The molecule has 0 aliphatic rings. The fourth-order valence-corrected chi connectivity index (χ4v) is 3.13. The number of esters is 1. The summed E-state index contributed by atoms with van der Waals surface area (Å²) in [6.45, 7) is 5.04. The molecule has 21 heavy (non-hydrogen) atoms. The van der Waals surface area contributed by atoms with E-state index in [0.29, 0.717) is 12.8 Å². The van der Waals surface area contributed by atoms with Crippen molar-refractivity contribution in [3.63, 3.8) is 0 Å². The Kier molecular flexibility index (Phi) is 8.58. The highest BCUT2D eigenvalue weighted by Crippen LogP contribution is 2.52. The second-order valence-corrected chi connectivity index (χ2v) is 7.35. The van der Waals surface area contributed by atoms with Gasteiger partial charge in [0.1, 0.15) is 0 Å². The van der Waals surface area contributed by atoms with Crippen LogP contribution in [0.2, 0.25) is 0 Å². The molecule has 0 bridgehead atoms. The lowest BCUT2D eigenvalue weighted by molar-refractivity contribution is -0.139. The molecular weight excluding hydrogens is 326 g/mol. The molecular formula is C10H20O9P2. The van der Waals surface area contributed by atoms with E-state index in [4.69, 9.17) is 24.3 Å². The number of carbonyl (C=O) groups excluding carboxylic acids is 1. The molecule has 0 aliphatic carbocycles. The van der Waals surface area contributed by atoms with Gasteiger partial charge in [-0.05, 0) is 26.2 Å². The lowest BCUT2D eigenvalue weighted by Crippen LogP contribution is -2.12. The van der Waals surface area contributed by atoms with Crippen molar-refractivity contribution in [3.05, 3.63) is 12.2 Å². The minimum Gasteiger partial charge on any atom is -0.462 e. The number of hydrogen-bond donors (Lipinski definition) is 4. The number of phosphoric ester groups is 1. The van der Waals surface area contributed by atoms with Crippen LogP contribution in [-0.2, 0) is 23.2 Å². The zero-order valence-corrected chi connectivity index (χ0v) is 13.3. The molecule has 0 saturated heterocycles. The maximum atomic E-state index is 11.0. The van der Waals surface area contributed by atoms with Crippen LogP contribution >= 0.6 is 15.4 Å². The van der Waals surface area contributed by atoms with Gasteiger partial charge in [0.15, 0.2) is 5.85 Å². The number of ether oxygens (including phenoxy) is 1. The second kappa shape index (κ2) is 8.80. The Morgan fingerprint density at radius 2 is 1.71 bits per heavy atom. The van der Waals surface area contributed by atoms with Crippen LogP contribution in [0.1, 0.15) is 32.6 Å². The lowest BCUT2D eigenvalue weighted by atomic mass is 10.2. The molecule has 0 rings (SSSR count). The first-order chi connectivity index (χ1) is 9.43. The molecule has 124 valence electrons. The maximum Gasteiger partial charge on any atom is 0.470 e. The van der Waals surface area contributed by atoms with E-state index in [9.17, 15) is 13.9 Å². The van der Waals surface area contributed by atoms with Gasteiger partial charge in [0.2, 0.25) is 0 Å². The molecule has 0 radical (unpaired) electrons. The van der Waals surface area contributed by atoms with Crippen molar-refractivity contribution >= 4 is 21.4 Å². The monoisotopic (exact) mass is 346 g/mol. The first-order valence-corrected chi connectivity index (χ1v) is 9.26. The van der Waals surface area contributed by atoms with Crippen LogP contribution in [0.25, 0.3) is 0 Å². The third-order valence-electron chi connectivity index (χ3n) is 2.31. The van der Waals surface area contributed by atoms with Crippen LogP contribution in [0.5, 0.6) is 0 Å². The Morgan fingerprint density at radius 3 is 2.14 bits per heavy atom. The molecule has 9 nitrogen and oxygen atoms in total. The smallest absolute Gasteiger partial charge is 0.462 e. The third-order valence-corrected chi connectivity index (χ3v) is 4.12. The van der Waals surface area contributed by atoms with Crippen LogP contribution in [-0.4, -0.2) is 38.0 Å². The minimum atomic E-state index is -4.98. The Bertz CT molecular complexity index is 449. The summed E-state index contributed by atoms with van der Waals surface area (Å²) in [6, 6.07) is 0. The average Bonchev–Trinajstić information content (AvgIpc) is 2.28. The summed E-state index contributed by atoms with van der Waals surface area (Å²) in [5.41, 5.74) is 0.270. The highest BCUT2D eigenvalue weighted by molar-refractivity contribution is 7.53. The third kappa shape index (κ3) is 10.8. The van der Waals surface area contributed by atoms with Crippen LogP contribution in [0.4, 0.5) is 0 Å². The van der Waals surface area contributed by atoms with Gasteiger partial charge in [0.05, 0.1) is 6.61 Å². The van der Waals surface area contributed by atoms with Gasteiger partial charge < -0.3 is 24.3 Å². The summed E-state index contributed by atoms with van der Waals surface area (Å²) >= 11 is 0. The van der Waals surface area contributed by atoms with E-state index < -0.39 is 27.2 Å². The first-order valence-electron chi connectivity index (χ1n) is 6.05. The fraction of sp³-hybridized carbons (Fsp3) is 0.700. The normalized spacial score (nSPS) is 13.8. The van der Waals surface area contributed by atoms with Gasteiger partial charge in [-0.15, -0.1) is 0 Å². The van der Waals surface area contributed by atoms with Crippen LogP contribution < -0.4 is 0 Å². The Labute approximate surface area is 122 Å². The number of unbranched alkanes of at least 4 members (excludes halogenated alkanes) is 2. The largest absolute Gasteiger partial charge is 0.470 e. The summed E-state index contributed by atoms with van der Waals surface area (Å²) in [7, 11) is -9.74. The van der Waals surface area contributed by atoms with Crippen molar-refractivity contribution in [2.45, 2.75) is 38.5 Å². The van der Waals surface area contributed by atoms with E-state index >= 15 is 0 Å². The molecule has 0 aromatic heterocycles. The van der Waals surface area contributed by atoms with Gasteiger partial charge >= 0.3 is 21.4 Å². The molecule has 0 aromatic carbocycles. The van der Waals surface area contributed by atoms with E-state index in [1.807, 2.05) is 0 Å². The summed E-state index contributed by atoms with van der Waals surface area (Å²) in [5, 5.41) is 0. The number of phosphoric acid groups is 1. The van der Waals surface area contributed by atoms with E-state index in [1.54, 1.807) is 0 Å². The summed E-state index contributed by atoms with van der Waals surface area (Å²) in [6.07, 6.45) is 0.928. The number of hydrogen-bond acceptors (Lipinski definition) is 5. The standard InChI is InChI=1S/C10H20O9P2/c1-8(2)10(11)18-7-5-3-4-6-9(20(12,13)14)19-21(15,16)17/h9H,1,3-7H2,2H3,(H2,12,13,14)(H2,15,16,17). The number of carbonyl (C=O) groups is 1. The van der Waals surface area contributed by atoms with Crippen molar-refractivity contribution in [3.8, 4) is 0 Å². The molecule has 0 spiro atoms. The van der Waals surface area contributed by atoms with Gasteiger partial charge in [-0.3, -0.25) is 9.09 Å². The predicted molar refractivity (Wildman–Crippen MR) is 73.2 cm³/mol. The van der Waals surface area contributed by atoms with Crippen LogP contribution in [0.3, 0.4) is 0 Å². The van der Waals surface area contributed by atoms with Crippen LogP contribution in [0, 0.1) is 0 Å². The topological polar surface area (TPSA) is 151 Å². The average molecular weight is 346 g/mol. The molecule has 0 saturated carbocycles. The highest BCUT2D eigenvalue weighted by Gasteiger charge is 2.35. The second-order valence-electron chi connectivity index (χ2n) is 4.41. The Morgan fingerprint density at radius 1 is 1.14 bits per heavy atom. The molecule has 0 fully saturated rings. The van der Waals surface area contributed by atoms with Gasteiger partial charge in [0, 0.05) is 5.57 Å². The van der Waals surface area contributed by atoms with E-state index in [0.717, 1.165) is 0 Å². The first kappa shape index (κ1) is 20.5. The molecule has 0 aliphatic heterocycles. The molecule has 1 atom stereocenters. The minimum absolute atomic E-state index is 0.131. The molecule has 0 aromatic rings. The van der Waals surface area contributed by atoms with Crippen LogP contribution in [0.15, 0.2) is 12.2 Å². The van der Waals surface area contributed by atoms with E-state index in [1.165, 1.54) is 6.92 Å². The highest BCUT2D eigenvalue weighted by atomic mass is 31.2. The molecule has 4 N–H and O–H groups in total. The lowest BCUT2D eigenvalue weighted by Gasteiger charge is -2.19. The predicted octanol–water partition coefficient (Wildman–Crippen LogP) is 1.28. The van der Waals surface area contributed by atoms with Crippen molar-refractivity contribution in [1.29, 1.82) is 0 Å². The van der Waals surface area contributed by atoms with E-state index in [-0.39, 0.29) is 25.0 Å². The fourth-order valence-electron chi connectivity index (χ4n) is 1.33. The quantitative estimate of drug-likeness (QED) is 0.198. The molecule has 11 heteroatoms. The summed E-state index contributed by atoms with van der Waals surface area (Å²) in [4.78, 5) is 46.1. The van der Waals surface area contributed by atoms with Crippen molar-refractivity contribution < 1.29 is 42.8 Å². The molecule has 1 unspecified atom stereocenters. The van der Waals surface area contributed by atoms with Crippen molar-refractivity contribution in [2.24, 2.45) is 0 Å². The molecule has 0 amide bonds. The van der Waals surface area contributed by atoms with Crippen molar-refractivity contribution in [1.82, 2.24) is 0 Å². The zero-order valence-electron chi connectivity index (χ0n) is 11.5. The van der Waals surface area contributed by atoms with Crippen molar-refractivity contribution in [2.75, 3.05) is 6.61 Å². The Hall–Kier alpha value is -0.530. The van der Waals surface area contributed by atoms with Gasteiger partial charge in [0.25, 0.3) is 0 Å². The van der Waals surface area contributed by atoms with Gasteiger partial charge in [-0.25, -0.2) is 9.36 Å². The summed E-state index contributed by atoms with van der Waals surface area (Å²) < 4.78 is 30.6. The molecule has 0 heterocycles. The zero-order chi connectivity index (χ0) is 16.7. The van der Waals surface area contributed by atoms with Gasteiger partial charge in [-0.1, -0.05) is 13.0 Å². The SMILES string of the molecule is C=C(C)C(=O)OCCCCCC(OP(=O)(O)O)P(=O)(O)O. The van der Waals surface area contributed by atoms with Gasteiger partial charge in [-0.2, -0.15) is 0 Å². The number of rotatable bonds is 10. The van der Waals surface area contributed by atoms with E-state index in [2.05, 4.69) is 11.1 Å².